The fourth-order valence-corrected chi connectivity index (χ4v) is 2.47. The Morgan fingerprint density at radius 1 is 1.15 bits per heavy atom. The van der Waals surface area contributed by atoms with E-state index in [9.17, 15) is 13.2 Å². The first kappa shape index (κ1) is 9.31. The Kier molecular flexibility index (Phi) is 1.88. The van der Waals surface area contributed by atoms with Crippen LogP contribution in [0.4, 0.5) is 13.2 Å². The predicted molar refractivity (Wildman–Crippen MR) is 43.2 cm³/mol. The topological polar surface area (TPSA) is 3.24 Å². The predicted octanol–water partition coefficient (Wildman–Crippen LogP) is 2.13. The van der Waals surface area contributed by atoms with Crippen LogP contribution in [0.3, 0.4) is 0 Å². The first-order chi connectivity index (χ1) is 5.91. The highest BCUT2D eigenvalue weighted by molar-refractivity contribution is 5.08. The number of fused-ring (bicyclic) bond motifs is 1. The largest absolute Gasteiger partial charge is 0.392 e. The molecule has 1 saturated carbocycles. The zero-order valence-corrected chi connectivity index (χ0v) is 7.80. The highest BCUT2D eigenvalue weighted by Gasteiger charge is 2.67. The number of likely N-dealkylation sites (tertiary alicyclic amines) is 1. The van der Waals surface area contributed by atoms with E-state index in [1.807, 2.05) is 13.8 Å². The number of nitrogens with zero attached hydrogens (tertiary/aromatic N) is 1. The van der Waals surface area contributed by atoms with Crippen LogP contribution in [0, 0.1) is 17.8 Å². The molecule has 13 heavy (non-hydrogen) atoms. The van der Waals surface area contributed by atoms with Crippen molar-refractivity contribution in [2.24, 2.45) is 17.8 Å². The van der Waals surface area contributed by atoms with Gasteiger partial charge in [0.05, 0.1) is 5.92 Å². The second kappa shape index (κ2) is 2.62. The van der Waals surface area contributed by atoms with Crippen LogP contribution in [0.25, 0.3) is 0 Å². The maximum atomic E-state index is 12.3. The molecule has 1 aliphatic carbocycles. The molecule has 2 rings (SSSR count). The molecule has 0 amide bonds. The zero-order chi connectivity index (χ0) is 9.80. The molecule has 0 aromatic carbocycles. The standard InChI is InChI=1S/C9H14F3N/c1-5(2)13-3-6-7(4-13)8(6)9(10,11)12/h5-8H,3-4H2,1-2H3. The summed E-state index contributed by atoms with van der Waals surface area (Å²) in [6, 6.07) is 0.390. The molecule has 1 saturated heterocycles. The van der Waals surface area contributed by atoms with Crippen LogP contribution in [0.2, 0.25) is 0 Å². The number of alkyl halides is 3. The van der Waals surface area contributed by atoms with Gasteiger partial charge < -0.3 is 4.90 Å². The summed E-state index contributed by atoms with van der Waals surface area (Å²) in [4.78, 5) is 2.14. The van der Waals surface area contributed by atoms with E-state index in [-0.39, 0.29) is 11.8 Å². The Labute approximate surface area is 75.9 Å². The normalized spacial score (nSPS) is 39.7. The van der Waals surface area contributed by atoms with Crippen LogP contribution in [-0.2, 0) is 0 Å². The monoisotopic (exact) mass is 193 g/mol. The van der Waals surface area contributed by atoms with Crippen molar-refractivity contribution in [1.29, 1.82) is 0 Å². The molecular weight excluding hydrogens is 179 g/mol. The van der Waals surface area contributed by atoms with Crippen molar-refractivity contribution in [2.45, 2.75) is 26.1 Å². The Balaban J connectivity index is 1.91. The summed E-state index contributed by atoms with van der Waals surface area (Å²) in [5, 5.41) is 0. The first-order valence-corrected chi connectivity index (χ1v) is 4.72. The maximum Gasteiger partial charge on any atom is 0.392 e. The van der Waals surface area contributed by atoms with Crippen molar-refractivity contribution < 1.29 is 13.2 Å². The van der Waals surface area contributed by atoms with Crippen molar-refractivity contribution in [2.75, 3.05) is 13.1 Å². The highest BCUT2D eigenvalue weighted by atomic mass is 19.4. The highest BCUT2D eigenvalue weighted by Crippen LogP contribution is 2.59. The third kappa shape index (κ3) is 1.45. The van der Waals surface area contributed by atoms with Crippen molar-refractivity contribution in [3.05, 3.63) is 0 Å². The maximum absolute atomic E-state index is 12.3. The van der Waals surface area contributed by atoms with Gasteiger partial charge >= 0.3 is 6.18 Å². The average Bonchev–Trinajstić information content (AvgIpc) is 2.48. The summed E-state index contributed by atoms with van der Waals surface area (Å²) >= 11 is 0. The quantitative estimate of drug-likeness (QED) is 0.616. The fourth-order valence-electron chi connectivity index (χ4n) is 2.47. The van der Waals surface area contributed by atoms with E-state index in [2.05, 4.69) is 4.90 Å². The van der Waals surface area contributed by atoms with Gasteiger partial charge in [-0.05, 0) is 25.7 Å². The van der Waals surface area contributed by atoms with Gasteiger partial charge in [0.15, 0.2) is 0 Å². The van der Waals surface area contributed by atoms with Crippen LogP contribution in [0.5, 0.6) is 0 Å². The van der Waals surface area contributed by atoms with Gasteiger partial charge in [-0.25, -0.2) is 0 Å². The van der Waals surface area contributed by atoms with Crippen LogP contribution in [-0.4, -0.2) is 30.2 Å². The van der Waals surface area contributed by atoms with Gasteiger partial charge in [-0.1, -0.05) is 0 Å². The van der Waals surface area contributed by atoms with Crippen molar-refractivity contribution >= 4 is 0 Å². The van der Waals surface area contributed by atoms with Gasteiger partial charge in [0, 0.05) is 19.1 Å². The van der Waals surface area contributed by atoms with Gasteiger partial charge in [-0.2, -0.15) is 13.2 Å². The Morgan fingerprint density at radius 3 is 1.92 bits per heavy atom. The minimum atomic E-state index is -3.95. The van der Waals surface area contributed by atoms with Gasteiger partial charge in [0.1, 0.15) is 0 Å². The van der Waals surface area contributed by atoms with Gasteiger partial charge in [-0.15, -0.1) is 0 Å². The number of hydrogen-bond acceptors (Lipinski definition) is 1. The lowest BCUT2D eigenvalue weighted by Gasteiger charge is -2.23. The average molecular weight is 193 g/mol. The Bertz CT molecular complexity index is 199. The van der Waals surface area contributed by atoms with Crippen molar-refractivity contribution in [3.8, 4) is 0 Å². The summed E-state index contributed by atoms with van der Waals surface area (Å²) in [6.07, 6.45) is -3.95. The van der Waals surface area contributed by atoms with Crippen molar-refractivity contribution in [1.82, 2.24) is 4.90 Å². The number of halogens is 3. The molecule has 1 nitrogen and oxygen atoms in total. The number of piperidine rings is 1. The van der Waals surface area contributed by atoms with Crippen LogP contribution >= 0.6 is 0 Å². The molecule has 0 spiro atoms. The molecule has 0 bridgehead atoms. The molecule has 2 unspecified atom stereocenters. The van der Waals surface area contributed by atoms with E-state index in [1.54, 1.807) is 0 Å². The minimum absolute atomic E-state index is 0.0950. The number of rotatable bonds is 1. The lowest BCUT2D eigenvalue weighted by molar-refractivity contribution is -0.157. The summed E-state index contributed by atoms with van der Waals surface area (Å²) in [7, 11) is 0. The van der Waals surface area contributed by atoms with Crippen molar-refractivity contribution in [3.63, 3.8) is 0 Å². The molecule has 1 aliphatic heterocycles. The Morgan fingerprint density at radius 2 is 1.62 bits per heavy atom. The molecule has 0 N–H and O–H groups in total. The van der Waals surface area contributed by atoms with E-state index in [1.165, 1.54) is 0 Å². The second-order valence-corrected chi connectivity index (χ2v) is 4.44. The second-order valence-electron chi connectivity index (χ2n) is 4.44. The SMILES string of the molecule is CC(C)N1CC2C(C1)C2C(F)(F)F. The summed E-state index contributed by atoms with van der Waals surface area (Å²) in [5.74, 6) is -1.17. The lowest BCUT2D eigenvalue weighted by atomic mass is 10.2. The van der Waals surface area contributed by atoms with E-state index < -0.39 is 12.1 Å². The van der Waals surface area contributed by atoms with E-state index in [4.69, 9.17) is 0 Å². The minimum Gasteiger partial charge on any atom is -0.300 e. The first-order valence-electron chi connectivity index (χ1n) is 4.72. The van der Waals surface area contributed by atoms with Crippen LogP contribution in [0.1, 0.15) is 13.8 Å². The van der Waals surface area contributed by atoms with E-state index in [0.29, 0.717) is 19.1 Å². The summed E-state index contributed by atoms with van der Waals surface area (Å²) < 4.78 is 36.8. The fraction of sp³-hybridized carbons (Fsp3) is 1.00. The van der Waals surface area contributed by atoms with E-state index >= 15 is 0 Å². The van der Waals surface area contributed by atoms with Gasteiger partial charge in [0.25, 0.3) is 0 Å². The van der Waals surface area contributed by atoms with E-state index in [0.717, 1.165) is 0 Å². The molecule has 0 aromatic heterocycles. The Hall–Kier alpha value is -0.250. The smallest absolute Gasteiger partial charge is 0.300 e. The molecule has 0 aromatic rings. The molecule has 2 atom stereocenters. The molecule has 2 fully saturated rings. The molecule has 76 valence electrons. The molecule has 0 radical (unpaired) electrons. The van der Waals surface area contributed by atoms with Crippen LogP contribution < -0.4 is 0 Å². The van der Waals surface area contributed by atoms with Crippen LogP contribution in [0.15, 0.2) is 0 Å². The molecule has 2 aliphatic rings. The third-order valence-corrected chi connectivity index (χ3v) is 3.33. The third-order valence-electron chi connectivity index (χ3n) is 3.33. The molecule has 4 heteroatoms. The lowest BCUT2D eigenvalue weighted by Crippen LogP contribution is -2.33. The zero-order valence-electron chi connectivity index (χ0n) is 7.80. The summed E-state index contributed by atoms with van der Waals surface area (Å²) in [5.41, 5.74) is 0. The molecular formula is C9H14F3N. The summed E-state index contributed by atoms with van der Waals surface area (Å²) in [6.45, 7) is 5.36. The van der Waals surface area contributed by atoms with Gasteiger partial charge in [0.2, 0.25) is 0 Å². The number of hydrogen-bond donors (Lipinski definition) is 0. The van der Waals surface area contributed by atoms with Gasteiger partial charge in [-0.3, -0.25) is 0 Å². The molecule has 1 heterocycles.